The van der Waals surface area contributed by atoms with Gasteiger partial charge in [0, 0.05) is 22.1 Å². The molecule has 0 bridgehead atoms. The fraction of sp³-hybridized carbons (Fsp3) is 0. The number of carbonyl (C=O) groups is 2. The number of aromatic amines is 2. The Morgan fingerprint density at radius 3 is 2.48 bits per heavy atom. The monoisotopic (exact) mass is 302 g/mol. The van der Waals surface area contributed by atoms with Crippen molar-refractivity contribution >= 4 is 34.3 Å². The second-order valence-electron chi connectivity index (χ2n) is 4.41. The lowest BCUT2D eigenvalue weighted by Gasteiger charge is -2.04. The van der Waals surface area contributed by atoms with Crippen LogP contribution in [0.2, 0.25) is 5.02 Å². The van der Waals surface area contributed by atoms with Gasteiger partial charge in [-0.2, -0.15) is 0 Å². The molecule has 0 atom stereocenters. The van der Waals surface area contributed by atoms with E-state index in [0.29, 0.717) is 16.4 Å². The number of rotatable bonds is 2. The first-order valence-electron chi connectivity index (χ1n) is 6.16. The van der Waals surface area contributed by atoms with Crippen LogP contribution in [0.4, 0.5) is 0 Å². The van der Waals surface area contributed by atoms with Crippen molar-refractivity contribution in [2.24, 2.45) is 0 Å². The van der Waals surface area contributed by atoms with E-state index in [0.717, 1.165) is 10.9 Å². The van der Waals surface area contributed by atoms with Crippen LogP contribution in [-0.2, 0) is 0 Å². The second-order valence-corrected chi connectivity index (χ2v) is 4.84. The first kappa shape index (κ1) is 13.3. The standard InChI is InChI=1S/C14H11ClN4O2/c15-9-3-4-10-8(6-9)7-12(17-10)14(21)19-18-13(20)11-2-1-5-16-11/h1-7,16-17H,(H,18,20)(H,19,21). The van der Waals surface area contributed by atoms with Gasteiger partial charge in [-0.3, -0.25) is 20.4 Å². The highest BCUT2D eigenvalue weighted by Gasteiger charge is 2.12. The van der Waals surface area contributed by atoms with Gasteiger partial charge in [0.2, 0.25) is 0 Å². The van der Waals surface area contributed by atoms with E-state index < -0.39 is 11.8 Å². The Labute approximate surface area is 124 Å². The summed E-state index contributed by atoms with van der Waals surface area (Å²) in [6.45, 7) is 0. The molecule has 2 aromatic heterocycles. The van der Waals surface area contributed by atoms with Crippen LogP contribution in [0.25, 0.3) is 10.9 Å². The summed E-state index contributed by atoms with van der Waals surface area (Å²) in [6, 6.07) is 10.2. The van der Waals surface area contributed by atoms with E-state index in [1.54, 1.807) is 42.6 Å². The highest BCUT2D eigenvalue weighted by molar-refractivity contribution is 6.31. The third-order valence-electron chi connectivity index (χ3n) is 2.96. The molecule has 2 amide bonds. The predicted molar refractivity (Wildman–Crippen MR) is 79.0 cm³/mol. The maximum Gasteiger partial charge on any atom is 0.286 e. The number of fused-ring (bicyclic) bond motifs is 1. The largest absolute Gasteiger partial charge is 0.357 e. The minimum Gasteiger partial charge on any atom is -0.357 e. The van der Waals surface area contributed by atoms with Gasteiger partial charge in [0.15, 0.2) is 0 Å². The molecule has 6 nitrogen and oxygen atoms in total. The molecule has 21 heavy (non-hydrogen) atoms. The summed E-state index contributed by atoms with van der Waals surface area (Å²) in [7, 11) is 0. The van der Waals surface area contributed by atoms with Gasteiger partial charge in [-0.1, -0.05) is 11.6 Å². The molecule has 0 aliphatic carbocycles. The molecule has 0 fully saturated rings. The molecule has 0 spiro atoms. The lowest BCUT2D eigenvalue weighted by atomic mass is 10.2. The Balaban J connectivity index is 1.70. The zero-order valence-electron chi connectivity index (χ0n) is 10.7. The average Bonchev–Trinajstić information content (AvgIpc) is 3.12. The van der Waals surface area contributed by atoms with Crippen LogP contribution in [0.3, 0.4) is 0 Å². The minimum atomic E-state index is -0.442. The molecular weight excluding hydrogens is 292 g/mol. The fourth-order valence-electron chi connectivity index (χ4n) is 1.95. The van der Waals surface area contributed by atoms with Gasteiger partial charge in [-0.25, -0.2) is 0 Å². The smallest absolute Gasteiger partial charge is 0.286 e. The number of amides is 2. The normalized spacial score (nSPS) is 10.5. The summed E-state index contributed by atoms with van der Waals surface area (Å²) in [4.78, 5) is 29.3. The molecule has 0 aliphatic heterocycles. The van der Waals surface area contributed by atoms with Crippen LogP contribution in [0.5, 0.6) is 0 Å². The van der Waals surface area contributed by atoms with Gasteiger partial charge in [0.25, 0.3) is 11.8 Å². The van der Waals surface area contributed by atoms with Crippen molar-refractivity contribution in [2.75, 3.05) is 0 Å². The molecule has 0 unspecified atom stereocenters. The van der Waals surface area contributed by atoms with Crippen molar-refractivity contribution in [3.8, 4) is 0 Å². The van der Waals surface area contributed by atoms with Crippen molar-refractivity contribution in [2.45, 2.75) is 0 Å². The lowest BCUT2D eigenvalue weighted by Crippen LogP contribution is -2.41. The van der Waals surface area contributed by atoms with Crippen molar-refractivity contribution in [1.29, 1.82) is 0 Å². The van der Waals surface area contributed by atoms with Crippen LogP contribution in [0, 0.1) is 0 Å². The predicted octanol–water partition coefficient (Wildman–Crippen LogP) is 2.22. The highest BCUT2D eigenvalue weighted by atomic mass is 35.5. The quantitative estimate of drug-likeness (QED) is 0.547. The minimum absolute atomic E-state index is 0.332. The van der Waals surface area contributed by atoms with Crippen LogP contribution in [0.1, 0.15) is 21.0 Å². The molecule has 0 radical (unpaired) electrons. The number of hydrogen-bond acceptors (Lipinski definition) is 2. The second kappa shape index (κ2) is 5.34. The Morgan fingerprint density at radius 2 is 1.76 bits per heavy atom. The summed E-state index contributed by atoms with van der Waals surface area (Å²) in [6.07, 6.45) is 1.62. The van der Waals surface area contributed by atoms with Gasteiger partial charge in [0.05, 0.1) is 0 Å². The Morgan fingerprint density at radius 1 is 1.00 bits per heavy atom. The topological polar surface area (TPSA) is 89.8 Å². The van der Waals surface area contributed by atoms with Crippen LogP contribution in [-0.4, -0.2) is 21.8 Å². The summed E-state index contributed by atoms with van der Waals surface area (Å²) in [5, 5.41) is 1.41. The molecular formula is C14H11ClN4O2. The van der Waals surface area contributed by atoms with E-state index in [1.807, 2.05) is 0 Å². The third-order valence-corrected chi connectivity index (χ3v) is 3.19. The fourth-order valence-corrected chi connectivity index (χ4v) is 2.13. The number of hydrazine groups is 1. The molecule has 4 N–H and O–H groups in total. The summed E-state index contributed by atoms with van der Waals surface area (Å²) in [5.41, 5.74) is 6.15. The maximum absolute atomic E-state index is 12.0. The average molecular weight is 303 g/mol. The molecule has 0 saturated carbocycles. The molecule has 1 aromatic carbocycles. The number of halogens is 1. The summed E-state index contributed by atoms with van der Waals surface area (Å²) < 4.78 is 0. The summed E-state index contributed by atoms with van der Waals surface area (Å²) in [5.74, 6) is -0.866. The molecule has 3 aromatic rings. The van der Waals surface area contributed by atoms with Crippen LogP contribution < -0.4 is 10.9 Å². The number of carbonyl (C=O) groups excluding carboxylic acids is 2. The molecule has 3 rings (SSSR count). The van der Waals surface area contributed by atoms with Crippen molar-refractivity contribution in [1.82, 2.24) is 20.8 Å². The molecule has 106 valence electrons. The zero-order valence-corrected chi connectivity index (χ0v) is 11.5. The van der Waals surface area contributed by atoms with E-state index in [2.05, 4.69) is 20.8 Å². The van der Waals surface area contributed by atoms with Crippen molar-refractivity contribution < 1.29 is 9.59 Å². The highest BCUT2D eigenvalue weighted by Crippen LogP contribution is 2.19. The Bertz CT molecular complexity index is 808. The van der Waals surface area contributed by atoms with Gasteiger partial charge in [-0.15, -0.1) is 0 Å². The molecule has 2 heterocycles. The van der Waals surface area contributed by atoms with E-state index >= 15 is 0 Å². The maximum atomic E-state index is 12.0. The number of hydrogen-bond donors (Lipinski definition) is 4. The van der Waals surface area contributed by atoms with E-state index in [1.165, 1.54) is 0 Å². The number of benzene rings is 1. The van der Waals surface area contributed by atoms with E-state index in [4.69, 9.17) is 11.6 Å². The first-order valence-corrected chi connectivity index (χ1v) is 6.53. The Hall–Kier alpha value is -2.73. The third kappa shape index (κ3) is 2.75. The summed E-state index contributed by atoms with van der Waals surface area (Å²) >= 11 is 5.89. The van der Waals surface area contributed by atoms with E-state index in [-0.39, 0.29) is 0 Å². The number of aromatic nitrogens is 2. The van der Waals surface area contributed by atoms with Gasteiger partial charge < -0.3 is 9.97 Å². The SMILES string of the molecule is O=C(NNC(=O)c1cc2cc(Cl)ccc2[nH]1)c1ccc[nH]1. The number of nitrogens with one attached hydrogen (secondary N) is 4. The van der Waals surface area contributed by atoms with E-state index in [9.17, 15) is 9.59 Å². The van der Waals surface area contributed by atoms with Gasteiger partial charge in [0.1, 0.15) is 11.4 Å². The first-order chi connectivity index (χ1) is 10.1. The van der Waals surface area contributed by atoms with Crippen LogP contribution in [0.15, 0.2) is 42.6 Å². The molecule has 0 saturated heterocycles. The lowest BCUT2D eigenvalue weighted by molar-refractivity contribution is 0.0842. The van der Waals surface area contributed by atoms with Gasteiger partial charge in [-0.05, 0) is 36.4 Å². The molecule has 0 aliphatic rings. The van der Waals surface area contributed by atoms with Crippen LogP contribution >= 0.6 is 11.6 Å². The number of H-pyrrole nitrogens is 2. The Kier molecular flexibility index (Phi) is 3.37. The van der Waals surface area contributed by atoms with Gasteiger partial charge >= 0.3 is 0 Å². The zero-order chi connectivity index (χ0) is 14.8. The molecule has 7 heteroatoms. The van der Waals surface area contributed by atoms with Crippen molar-refractivity contribution in [3.63, 3.8) is 0 Å². The van der Waals surface area contributed by atoms with Crippen molar-refractivity contribution in [3.05, 3.63) is 59.0 Å².